The minimum absolute atomic E-state index is 0.0199. The summed E-state index contributed by atoms with van der Waals surface area (Å²) in [6.45, 7) is 7.80. The zero-order chi connectivity index (χ0) is 29.4. The Bertz CT molecular complexity index is 1520. The van der Waals surface area contributed by atoms with Gasteiger partial charge in [-0.05, 0) is 64.9 Å². The molecule has 0 saturated carbocycles. The first-order chi connectivity index (χ1) is 19.1. The van der Waals surface area contributed by atoms with E-state index in [1.54, 1.807) is 50.0 Å². The van der Waals surface area contributed by atoms with Crippen LogP contribution >= 0.6 is 0 Å². The number of hydrogen-bond donors (Lipinski definition) is 1. The Hall–Kier alpha value is -4.71. The molecule has 0 bridgehead atoms. The van der Waals surface area contributed by atoms with Crippen LogP contribution in [0.4, 0.5) is 14.5 Å². The van der Waals surface area contributed by atoms with Crippen LogP contribution < -0.4 is 19.9 Å². The van der Waals surface area contributed by atoms with Gasteiger partial charge in [0, 0.05) is 46.9 Å². The van der Waals surface area contributed by atoms with Crippen molar-refractivity contribution in [2.75, 3.05) is 20.0 Å². The number of nitrogens with two attached hydrogens (primary N) is 1. The van der Waals surface area contributed by atoms with Crippen molar-refractivity contribution in [3.8, 4) is 46.0 Å². The van der Waals surface area contributed by atoms with Gasteiger partial charge in [-0.2, -0.15) is 0 Å². The highest BCUT2D eigenvalue weighted by atomic mass is 19.1. The first-order valence-electron chi connectivity index (χ1n) is 12.6. The topological polar surface area (TPSA) is 103 Å². The number of rotatable bonds is 7. The number of nitrogens with zero attached hydrogens (tertiary/aromatic N) is 3. The summed E-state index contributed by atoms with van der Waals surface area (Å²) in [5.41, 5.74) is 10.8. The molecule has 0 unspecified atom stereocenters. The molecule has 0 aliphatic carbocycles. The Morgan fingerprint density at radius 2 is 1.23 bits per heavy atom. The van der Waals surface area contributed by atoms with Crippen molar-refractivity contribution < 1.29 is 23.0 Å². The highest BCUT2D eigenvalue weighted by Gasteiger charge is 2.18. The Morgan fingerprint density at radius 1 is 0.750 bits per heavy atom. The first-order valence-corrected chi connectivity index (χ1v) is 12.6. The molecule has 0 amide bonds. The van der Waals surface area contributed by atoms with Gasteiger partial charge in [0.05, 0.1) is 14.2 Å². The lowest BCUT2D eigenvalue weighted by Crippen LogP contribution is -2.01. The van der Waals surface area contributed by atoms with Gasteiger partial charge in [-0.25, -0.2) is 18.7 Å². The van der Waals surface area contributed by atoms with Gasteiger partial charge in [0.25, 0.3) is 6.26 Å². The fraction of sp³-hybridized carbons (Fsp3) is 0.258. The van der Waals surface area contributed by atoms with Crippen molar-refractivity contribution in [1.29, 1.82) is 5.26 Å². The standard InChI is InChI=1S/C16H15FN2O2.C15H17FN2O/c1-10(2)13-7-12(17)8-14(16(13)21-9-18)11-4-5-19-15(6-11)20-3;1-9(2)12-7-11(16)8-13(15(12)17)10-4-5-18-14(6-10)19-3/h4-8,10H,1-3H3;4-9H,17H2,1-3H3. The Kier molecular flexibility index (Phi) is 9.98. The largest absolute Gasteiger partial charge is 0.481 e. The van der Waals surface area contributed by atoms with Gasteiger partial charge in [-0.1, -0.05) is 27.7 Å². The lowest BCUT2D eigenvalue weighted by atomic mass is 9.95. The zero-order valence-corrected chi connectivity index (χ0v) is 23.3. The van der Waals surface area contributed by atoms with E-state index < -0.39 is 0 Å². The fourth-order valence-electron chi connectivity index (χ4n) is 4.15. The maximum atomic E-state index is 13.9. The van der Waals surface area contributed by atoms with E-state index in [0.29, 0.717) is 45.5 Å². The van der Waals surface area contributed by atoms with E-state index in [0.717, 1.165) is 11.1 Å². The van der Waals surface area contributed by atoms with Crippen molar-refractivity contribution in [3.63, 3.8) is 0 Å². The highest BCUT2D eigenvalue weighted by molar-refractivity contribution is 5.79. The predicted octanol–water partition coefficient (Wildman–Crippen LogP) is 7.48. The summed E-state index contributed by atoms with van der Waals surface area (Å²) in [4.78, 5) is 8.05. The molecule has 7 nitrogen and oxygen atoms in total. The molecule has 4 aromatic rings. The molecule has 2 aromatic carbocycles. The average molecular weight is 547 g/mol. The van der Waals surface area contributed by atoms with E-state index in [1.165, 1.54) is 31.4 Å². The van der Waals surface area contributed by atoms with E-state index in [9.17, 15) is 8.78 Å². The molecule has 4 rings (SSSR count). The van der Waals surface area contributed by atoms with Crippen molar-refractivity contribution in [1.82, 2.24) is 9.97 Å². The van der Waals surface area contributed by atoms with Gasteiger partial charge in [0.15, 0.2) is 5.75 Å². The molecule has 0 saturated heterocycles. The molecule has 0 radical (unpaired) electrons. The normalized spacial score (nSPS) is 10.5. The van der Waals surface area contributed by atoms with Crippen LogP contribution in [0.3, 0.4) is 0 Å². The van der Waals surface area contributed by atoms with Crippen LogP contribution in [0.1, 0.15) is 50.7 Å². The molecule has 208 valence electrons. The number of anilines is 1. The number of nitrogen functional groups attached to an aromatic ring is 1. The summed E-state index contributed by atoms with van der Waals surface area (Å²) < 4.78 is 42.9. The Morgan fingerprint density at radius 3 is 1.70 bits per heavy atom. The summed E-state index contributed by atoms with van der Waals surface area (Å²) >= 11 is 0. The monoisotopic (exact) mass is 546 g/mol. The molecule has 9 heteroatoms. The van der Waals surface area contributed by atoms with Crippen LogP contribution in [0.2, 0.25) is 0 Å². The van der Waals surface area contributed by atoms with Crippen LogP contribution in [0.15, 0.2) is 60.9 Å². The Balaban J connectivity index is 0.000000222. The average Bonchev–Trinajstić information content (AvgIpc) is 2.95. The summed E-state index contributed by atoms with van der Waals surface area (Å²) in [6, 6.07) is 12.6. The Labute approximate surface area is 233 Å². The van der Waals surface area contributed by atoms with E-state index in [-0.39, 0.29) is 23.5 Å². The second-order valence-electron chi connectivity index (χ2n) is 9.50. The van der Waals surface area contributed by atoms with Crippen LogP contribution in [-0.4, -0.2) is 24.2 Å². The molecule has 0 atom stereocenters. The van der Waals surface area contributed by atoms with E-state index in [1.807, 2.05) is 27.7 Å². The summed E-state index contributed by atoms with van der Waals surface area (Å²) in [5, 5.41) is 8.86. The molecule has 0 spiro atoms. The molecule has 0 aliphatic heterocycles. The third kappa shape index (κ3) is 7.03. The van der Waals surface area contributed by atoms with E-state index >= 15 is 0 Å². The number of halogens is 2. The third-order valence-electron chi connectivity index (χ3n) is 6.16. The predicted molar refractivity (Wildman–Crippen MR) is 151 cm³/mol. The second-order valence-corrected chi connectivity index (χ2v) is 9.50. The van der Waals surface area contributed by atoms with Crippen LogP contribution in [0, 0.1) is 23.2 Å². The number of aromatic nitrogens is 2. The molecule has 2 N–H and O–H groups in total. The van der Waals surface area contributed by atoms with Crippen LogP contribution in [-0.2, 0) is 0 Å². The van der Waals surface area contributed by atoms with Crippen molar-refractivity contribution >= 4 is 5.69 Å². The number of benzene rings is 2. The molecule has 0 aliphatic rings. The lowest BCUT2D eigenvalue weighted by Gasteiger charge is -2.15. The quantitative estimate of drug-likeness (QED) is 0.189. The highest BCUT2D eigenvalue weighted by Crippen LogP contribution is 2.38. The van der Waals surface area contributed by atoms with Gasteiger partial charge in [0.2, 0.25) is 11.8 Å². The van der Waals surface area contributed by atoms with Gasteiger partial charge >= 0.3 is 0 Å². The molecule has 40 heavy (non-hydrogen) atoms. The van der Waals surface area contributed by atoms with Gasteiger partial charge < -0.3 is 19.9 Å². The second kappa shape index (κ2) is 13.4. The number of hydrogen-bond acceptors (Lipinski definition) is 7. The molecule has 0 fully saturated rings. The van der Waals surface area contributed by atoms with Crippen LogP contribution in [0.25, 0.3) is 22.3 Å². The zero-order valence-electron chi connectivity index (χ0n) is 23.3. The maximum absolute atomic E-state index is 13.9. The fourth-order valence-corrected chi connectivity index (χ4v) is 4.15. The first kappa shape index (κ1) is 29.8. The minimum Gasteiger partial charge on any atom is -0.481 e. The summed E-state index contributed by atoms with van der Waals surface area (Å²) in [7, 11) is 3.05. The van der Waals surface area contributed by atoms with Crippen molar-refractivity contribution in [2.45, 2.75) is 39.5 Å². The van der Waals surface area contributed by atoms with Gasteiger partial charge in [-0.3, -0.25) is 0 Å². The lowest BCUT2D eigenvalue weighted by molar-refractivity contribution is 0.398. The number of nitriles is 1. The van der Waals surface area contributed by atoms with E-state index in [2.05, 4.69) is 9.97 Å². The van der Waals surface area contributed by atoms with Gasteiger partial charge in [-0.15, -0.1) is 5.26 Å². The maximum Gasteiger partial charge on any atom is 0.292 e. The molecule has 2 heterocycles. The molecular formula is C31H32F2N4O3. The minimum atomic E-state index is -0.380. The van der Waals surface area contributed by atoms with Crippen molar-refractivity contribution in [2.24, 2.45) is 0 Å². The summed E-state index contributed by atoms with van der Waals surface area (Å²) in [6.07, 6.45) is 4.85. The van der Waals surface area contributed by atoms with Gasteiger partial charge in [0.1, 0.15) is 11.6 Å². The van der Waals surface area contributed by atoms with E-state index in [4.69, 9.17) is 25.2 Å². The smallest absolute Gasteiger partial charge is 0.292 e. The molecular weight excluding hydrogens is 514 g/mol. The molecule has 2 aromatic heterocycles. The third-order valence-corrected chi connectivity index (χ3v) is 6.16. The summed E-state index contributed by atoms with van der Waals surface area (Å²) in [5.74, 6) is 0.767. The van der Waals surface area contributed by atoms with Crippen molar-refractivity contribution in [3.05, 3.63) is 83.7 Å². The van der Waals surface area contributed by atoms with Crippen LogP contribution in [0.5, 0.6) is 17.5 Å². The number of methoxy groups -OCH3 is 2. The number of ether oxygens (including phenoxy) is 3. The SMILES string of the molecule is COc1cc(-c2cc(F)cc(C(C)C)c2N)ccn1.COc1cc(-c2cc(F)cc(C(C)C)c2OC#N)ccn1. The number of pyridine rings is 2.